The monoisotopic (exact) mass is 420 g/mol. The van der Waals surface area contributed by atoms with Crippen LogP contribution in [0.5, 0.6) is 11.5 Å². The van der Waals surface area contributed by atoms with Gasteiger partial charge in [-0.25, -0.2) is 4.90 Å². The number of benzene rings is 2. The molecule has 2 aromatic rings. The van der Waals surface area contributed by atoms with Gasteiger partial charge in [-0.3, -0.25) is 9.59 Å². The van der Waals surface area contributed by atoms with Crippen LogP contribution in [-0.2, 0) is 9.59 Å². The Labute approximate surface area is 183 Å². The predicted molar refractivity (Wildman–Crippen MR) is 120 cm³/mol. The van der Waals surface area contributed by atoms with E-state index < -0.39 is 0 Å². The minimum absolute atomic E-state index is 0.266. The Kier molecular flexibility index (Phi) is 6.26. The van der Waals surface area contributed by atoms with Crippen LogP contribution in [0.3, 0.4) is 0 Å². The van der Waals surface area contributed by atoms with Crippen molar-refractivity contribution in [1.29, 1.82) is 0 Å². The van der Waals surface area contributed by atoms with Gasteiger partial charge in [0.1, 0.15) is 17.2 Å². The van der Waals surface area contributed by atoms with E-state index in [2.05, 4.69) is 6.92 Å². The topological polar surface area (TPSA) is 59.1 Å². The highest BCUT2D eigenvalue weighted by Gasteiger charge is 2.42. The van der Waals surface area contributed by atoms with Gasteiger partial charge in [0.2, 0.25) is 0 Å². The Morgan fingerprint density at radius 1 is 0.806 bits per heavy atom. The van der Waals surface area contributed by atoms with Crippen LogP contribution >= 0.6 is 0 Å². The van der Waals surface area contributed by atoms with Crippen molar-refractivity contribution in [2.24, 2.45) is 0 Å². The molecule has 0 saturated carbocycles. The zero-order chi connectivity index (χ0) is 21.8. The summed E-state index contributed by atoms with van der Waals surface area (Å²) in [5, 5.41) is 0. The summed E-state index contributed by atoms with van der Waals surface area (Å²) >= 11 is 0. The van der Waals surface area contributed by atoms with E-state index in [1.165, 1.54) is 4.90 Å². The summed E-state index contributed by atoms with van der Waals surface area (Å²) in [4.78, 5) is 30.3. The molecule has 0 N–H and O–H groups in total. The second-order valence-electron chi connectivity index (χ2n) is 7.66. The van der Waals surface area contributed by atoms with Crippen LogP contribution in [0.4, 0.5) is 5.69 Å². The molecule has 2 aromatic carbocycles. The molecule has 0 spiro atoms. The number of carbonyl (C=O) groups is 2. The number of ether oxygens (including phenoxy) is 2. The maximum Gasteiger partial charge on any atom is 0.282 e. The second-order valence-corrected chi connectivity index (χ2v) is 7.66. The third-order valence-corrected chi connectivity index (χ3v) is 5.50. The van der Waals surface area contributed by atoms with Crippen molar-refractivity contribution < 1.29 is 19.1 Å². The van der Waals surface area contributed by atoms with E-state index in [4.69, 9.17) is 9.47 Å². The lowest BCUT2D eigenvalue weighted by Crippen LogP contribution is -2.34. The molecule has 0 bridgehead atoms. The van der Waals surface area contributed by atoms with Gasteiger partial charge in [0.15, 0.2) is 0 Å². The Bertz CT molecular complexity index is 974. The molecule has 2 amide bonds. The van der Waals surface area contributed by atoms with E-state index in [0.29, 0.717) is 35.9 Å². The summed E-state index contributed by atoms with van der Waals surface area (Å²) in [6.07, 6.45) is 2.96. The van der Waals surface area contributed by atoms with Crippen molar-refractivity contribution >= 4 is 23.1 Å². The van der Waals surface area contributed by atoms with Crippen molar-refractivity contribution in [3.8, 4) is 11.5 Å². The van der Waals surface area contributed by atoms with E-state index in [1.807, 2.05) is 36.1 Å². The van der Waals surface area contributed by atoms with E-state index in [9.17, 15) is 9.59 Å². The molecule has 1 saturated heterocycles. The predicted octanol–water partition coefficient (Wildman–Crippen LogP) is 4.25. The van der Waals surface area contributed by atoms with E-state index in [1.54, 1.807) is 24.3 Å². The van der Waals surface area contributed by atoms with Gasteiger partial charge in [0.05, 0.1) is 24.5 Å². The average Bonchev–Trinajstić information content (AvgIpc) is 3.40. The number of carbonyl (C=O) groups excluding carboxylic acids is 2. The Morgan fingerprint density at radius 3 is 2.03 bits per heavy atom. The van der Waals surface area contributed by atoms with Crippen LogP contribution in [0.2, 0.25) is 0 Å². The highest BCUT2D eigenvalue weighted by molar-refractivity contribution is 6.45. The molecule has 4 rings (SSSR count). The zero-order valence-electron chi connectivity index (χ0n) is 18.1. The molecule has 1 fully saturated rings. The number of hydrogen-bond acceptors (Lipinski definition) is 5. The molecule has 162 valence electrons. The lowest BCUT2D eigenvalue weighted by atomic mass is 10.0. The molecule has 0 unspecified atom stereocenters. The van der Waals surface area contributed by atoms with Crippen LogP contribution in [0.25, 0.3) is 5.57 Å². The number of anilines is 1. The first-order chi connectivity index (χ1) is 15.1. The highest BCUT2D eigenvalue weighted by atomic mass is 16.5. The fourth-order valence-corrected chi connectivity index (χ4v) is 4.04. The molecule has 2 heterocycles. The van der Waals surface area contributed by atoms with Crippen LogP contribution < -0.4 is 14.4 Å². The van der Waals surface area contributed by atoms with Crippen molar-refractivity contribution in [3.05, 3.63) is 59.8 Å². The van der Waals surface area contributed by atoms with Gasteiger partial charge in [0.25, 0.3) is 11.8 Å². The number of amides is 2. The summed E-state index contributed by atoms with van der Waals surface area (Å²) < 4.78 is 11.2. The standard InChI is InChI=1S/C25H28N2O4/c1-3-17-31-21-11-7-18(8-12-21)22-23(26-15-5-6-16-26)25(29)27(24(22)28)19-9-13-20(14-10-19)30-4-2/h7-14H,3-6,15-17H2,1-2H3. The third kappa shape index (κ3) is 4.15. The third-order valence-electron chi connectivity index (χ3n) is 5.50. The lowest BCUT2D eigenvalue weighted by Gasteiger charge is -2.20. The van der Waals surface area contributed by atoms with Crippen molar-refractivity contribution in [3.63, 3.8) is 0 Å². The summed E-state index contributed by atoms with van der Waals surface area (Å²) in [5.74, 6) is 0.908. The molecular weight excluding hydrogens is 392 g/mol. The van der Waals surface area contributed by atoms with Crippen LogP contribution in [0.15, 0.2) is 54.2 Å². The summed E-state index contributed by atoms with van der Waals surface area (Å²) in [5.41, 5.74) is 2.24. The molecule has 2 aliphatic heterocycles. The van der Waals surface area contributed by atoms with Gasteiger partial charge in [-0.2, -0.15) is 0 Å². The lowest BCUT2D eigenvalue weighted by molar-refractivity contribution is -0.120. The van der Waals surface area contributed by atoms with Crippen molar-refractivity contribution in [2.45, 2.75) is 33.1 Å². The number of imide groups is 1. The van der Waals surface area contributed by atoms with Crippen molar-refractivity contribution in [1.82, 2.24) is 4.90 Å². The molecule has 31 heavy (non-hydrogen) atoms. The van der Waals surface area contributed by atoms with Crippen LogP contribution in [-0.4, -0.2) is 43.0 Å². The van der Waals surface area contributed by atoms with Gasteiger partial charge in [-0.1, -0.05) is 19.1 Å². The number of hydrogen-bond donors (Lipinski definition) is 0. The van der Waals surface area contributed by atoms with E-state index >= 15 is 0 Å². The fraction of sp³-hybridized carbons (Fsp3) is 0.360. The molecular formula is C25H28N2O4. The fourth-order valence-electron chi connectivity index (χ4n) is 4.04. The zero-order valence-corrected chi connectivity index (χ0v) is 18.1. The first-order valence-corrected chi connectivity index (χ1v) is 11.0. The normalized spacial score (nSPS) is 16.5. The van der Waals surface area contributed by atoms with E-state index in [0.717, 1.165) is 43.7 Å². The molecule has 2 aliphatic rings. The minimum atomic E-state index is -0.293. The molecule has 0 aromatic heterocycles. The number of likely N-dealkylation sites (tertiary alicyclic amines) is 1. The Balaban J connectivity index is 1.69. The summed E-state index contributed by atoms with van der Waals surface area (Å²) in [6, 6.07) is 14.5. The maximum atomic E-state index is 13.5. The second kappa shape index (κ2) is 9.25. The molecule has 6 nitrogen and oxygen atoms in total. The molecule has 0 aliphatic carbocycles. The van der Waals surface area contributed by atoms with Gasteiger partial charge >= 0.3 is 0 Å². The Morgan fingerprint density at radius 2 is 1.42 bits per heavy atom. The largest absolute Gasteiger partial charge is 0.494 e. The van der Waals surface area contributed by atoms with Gasteiger partial charge in [-0.05, 0) is 68.1 Å². The highest BCUT2D eigenvalue weighted by Crippen LogP contribution is 2.37. The quantitative estimate of drug-likeness (QED) is 0.598. The maximum absolute atomic E-state index is 13.5. The number of rotatable bonds is 8. The molecule has 0 radical (unpaired) electrons. The molecule has 6 heteroatoms. The summed E-state index contributed by atoms with van der Waals surface area (Å²) in [6.45, 7) is 6.74. The summed E-state index contributed by atoms with van der Waals surface area (Å²) in [7, 11) is 0. The first-order valence-electron chi connectivity index (χ1n) is 11.0. The van der Waals surface area contributed by atoms with E-state index in [-0.39, 0.29) is 11.8 Å². The number of nitrogens with zero attached hydrogens (tertiary/aromatic N) is 2. The first kappa shape index (κ1) is 21.0. The van der Waals surface area contributed by atoms with Crippen molar-refractivity contribution in [2.75, 3.05) is 31.2 Å². The van der Waals surface area contributed by atoms with Gasteiger partial charge in [0, 0.05) is 13.1 Å². The minimum Gasteiger partial charge on any atom is -0.494 e. The van der Waals surface area contributed by atoms with Gasteiger partial charge < -0.3 is 14.4 Å². The smallest absolute Gasteiger partial charge is 0.282 e. The average molecular weight is 421 g/mol. The molecule has 0 atom stereocenters. The Hall–Kier alpha value is -3.28. The van der Waals surface area contributed by atoms with Crippen LogP contribution in [0.1, 0.15) is 38.7 Å². The van der Waals surface area contributed by atoms with Crippen LogP contribution in [0, 0.1) is 0 Å². The van der Waals surface area contributed by atoms with Gasteiger partial charge in [-0.15, -0.1) is 0 Å². The SMILES string of the molecule is CCCOc1ccc(C2=C(N3CCCC3)C(=O)N(c3ccc(OCC)cc3)C2=O)cc1.